The lowest BCUT2D eigenvalue weighted by Crippen LogP contribution is -2.48. The second-order valence-corrected chi connectivity index (χ2v) is 8.85. The van der Waals surface area contributed by atoms with Crippen molar-refractivity contribution in [3.8, 4) is 5.75 Å². The lowest BCUT2D eigenvalue weighted by Gasteiger charge is -2.36. The fourth-order valence-electron chi connectivity index (χ4n) is 3.65. The molecule has 1 fully saturated rings. The van der Waals surface area contributed by atoms with Gasteiger partial charge >= 0.3 is 6.03 Å². The molecule has 1 aliphatic rings. The second-order valence-electron chi connectivity index (χ2n) is 7.44. The van der Waals surface area contributed by atoms with Crippen LogP contribution in [0.2, 0.25) is 5.02 Å². The number of rotatable bonds is 5. The van der Waals surface area contributed by atoms with E-state index in [0.29, 0.717) is 58.3 Å². The number of halogens is 1. The van der Waals surface area contributed by atoms with Crippen LogP contribution in [0.1, 0.15) is 15.4 Å². The molecule has 3 amide bonds. The minimum Gasteiger partial charge on any atom is -0.495 e. The number of para-hydroxylation sites is 3. The molecule has 2 heterocycles. The minimum atomic E-state index is -0.458. The van der Waals surface area contributed by atoms with Gasteiger partial charge in [0, 0.05) is 26.2 Å². The van der Waals surface area contributed by atoms with E-state index in [9.17, 15) is 9.59 Å². The Morgan fingerprint density at radius 1 is 1.03 bits per heavy atom. The van der Waals surface area contributed by atoms with Crippen molar-refractivity contribution in [1.29, 1.82) is 0 Å². The number of carbonyl (C=O) groups is 2. The number of aromatic nitrogens is 1. The van der Waals surface area contributed by atoms with Gasteiger partial charge in [-0.05, 0) is 31.2 Å². The van der Waals surface area contributed by atoms with Crippen LogP contribution in [0.5, 0.6) is 5.75 Å². The maximum Gasteiger partial charge on any atom is 0.325 e. The van der Waals surface area contributed by atoms with Crippen molar-refractivity contribution in [3.05, 3.63) is 64.1 Å². The first-order valence-electron chi connectivity index (χ1n) is 10.4. The van der Waals surface area contributed by atoms with Crippen LogP contribution in [-0.2, 0) is 0 Å². The van der Waals surface area contributed by atoms with Crippen LogP contribution in [0.4, 0.5) is 21.3 Å². The maximum atomic E-state index is 13.1. The SMILES string of the molecule is COc1ccccc1NC(=O)Nc1nc(C)c(C(=O)N2CCN(c3ccccc3Cl)CC2)s1. The topological polar surface area (TPSA) is 86.8 Å². The quantitative estimate of drug-likeness (QED) is 0.546. The van der Waals surface area contributed by atoms with Crippen molar-refractivity contribution in [1.82, 2.24) is 9.88 Å². The van der Waals surface area contributed by atoms with E-state index in [0.717, 1.165) is 5.69 Å². The van der Waals surface area contributed by atoms with E-state index in [-0.39, 0.29) is 5.91 Å². The number of benzene rings is 2. The highest BCUT2D eigenvalue weighted by Crippen LogP contribution is 2.28. The molecule has 1 aliphatic heterocycles. The van der Waals surface area contributed by atoms with Crippen molar-refractivity contribution < 1.29 is 14.3 Å². The van der Waals surface area contributed by atoms with E-state index in [1.165, 1.54) is 18.4 Å². The van der Waals surface area contributed by atoms with Crippen LogP contribution in [0.3, 0.4) is 0 Å². The number of thiazole rings is 1. The molecule has 4 rings (SSSR count). The predicted octanol–water partition coefficient (Wildman–Crippen LogP) is 4.72. The number of aryl methyl sites for hydroxylation is 1. The maximum absolute atomic E-state index is 13.1. The van der Waals surface area contributed by atoms with Gasteiger partial charge in [-0.25, -0.2) is 9.78 Å². The van der Waals surface area contributed by atoms with E-state index in [1.807, 2.05) is 35.2 Å². The van der Waals surface area contributed by atoms with Crippen LogP contribution in [0, 0.1) is 6.92 Å². The summed E-state index contributed by atoms with van der Waals surface area (Å²) < 4.78 is 5.24. The largest absolute Gasteiger partial charge is 0.495 e. The first kappa shape index (κ1) is 22.9. The lowest BCUT2D eigenvalue weighted by atomic mass is 10.2. The van der Waals surface area contributed by atoms with Crippen molar-refractivity contribution in [2.24, 2.45) is 0 Å². The summed E-state index contributed by atoms with van der Waals surface area (Å²) in [4.78, 5) is 34.4. The van der Waals surface area contributed by atoms with Crippen LogP contribution in [0.15, 0.2) is 48.5 Å². The number of amides is 3. The molecule has 10 heteroatoms. The summed E-state index contributed by atoms with van der Waals surface area (Å²) in [6.45, 7) is 4.32. The lowest BCUT2D eigenvalue weighted by molar-refractivity contribution is 0.0750. The summed E-state index contributed by atoms with van der Waals surface area (Å²) in [5, 5.41) is 6.51. The molecule has 0 unspecified atom stereocenters. The number of anilines is 3. The monoisotopic (exact) mass is 485 g/mol. The van der Waals surface area contributed by atoms with Crippen molar-refractivity contribution in [2.45, 2.75) is 6.92 Å². The van der Waals surface area contributed by atoms with E-state index in [2.05, 4.69) is 20.5 Å². The molecule has 0 radical (unpaired) electrons. The molecule has 0 saturated carbocycles. The summed E-state index contributed by atoms with van der Waals surface area (Å²) in [5.74, 6) is 0.469. The highest BCUT2D eigenvalue weighted by atomic mass is 35.5. The van der Waals surface area contributed by atoms with Crippen LogP contribution < -0.4 is 20.3 Å². The Labute approximate surface area is 201 Å². The molecule has 1 aromatic heterocycles. The molecule has 0 aliphatic carbocycles. The van der Waals surface area contributed by atoms with Crippen LogP contribution in [0.25, 0.3) is 0 Å². The number of nitrogens with zero attached hydrogens (tertiary/aromatic N) is 3. The van der Waals surface area contributed by atoms with Gasteiger partial charge in [-0.15, -0.1) is 0 Å². The molecule has 0 bridgehead atoms. The average Bonchev–Trinajstić information content (AvgIpc) is 3.19. The van der Waals surface area contributed by atoms with Gasteiger partial charge in [-0.1, -0.05) is 47.2 Å². The van der Waals surface area contributed by atoms with Gasteiger partial charge in [0.1, 0.15) is 10.6 Å². The Hall–Kier alpha value is -3.30. The number of carbonyl (C=O) groups excluding carboxylic acids is 2. The Morgan fingerprint density at radius 2 is 1.73 bits per heavy atom. The average molecular weight is 486 g/mol. The number of hydrogen-bond acceptors (Lipinski definition) is 6. The van der Waals surface area contributed by atoms with Gasteiger partial charge in [-0.3, -0.25) is 10.1 Å². The molecule has 2 aromatic carbocycles. The molecule has 1 saturated heterocycles. The molecule has 0 atom stereocenters. The first-order valence-corrected chi connectivity index (χ1v) is 11.6. The third kappa shape index (κ3) is 5.20. The van der Waals surface area contributed by atoms with E-state index in [1.54, 1.807) is 25.1 Å². The van der Waals surface area contributed by atoms with Gasteiger partial charge in [-0.2, -0.15) is 0 Å². The second kappa shape index (κ2) is 10.1. The number of nitrogens with one attached hydrogen (secondary N) is 2. The zero-order valence-electron chi connectivity index (χ0n) is 18.3. The van der Waals surface area contributed by atoms with Gasteiger partial charge in [0.05, 0.1) is 29.2 Å². The molecule has 172 valence electrons. The third-order valence-corrected chi connectivity index (χ3v) is 6.71. The summed E-state index contributed by atoms with van der Waals surface area (Å²) in [5.41, 5.74) is 2.11. The zero-order chi connectivity index (χ0) is 23.4. The molecule has 3 aromatic rings. The minimum absolute atomic E-state index is 0.0815. The number of ether oxygens (including phenoxy) is 1. The van der Waals surface area contributed by atoms with Crippen LogP contribution >= 0.6 is 22.9 Å². The molecule has 2 N–H and O–H groups in total. The number of piperazine rings is 1. The standard InChI is InChI=1S/C23H24ClN5O3S/c1-15-20(21(30)29-13-11-28(12-14-29)18-9-5-3-7-16(18)24)33-23(25-15)27-22(31)26-17-8-4-6-10-19(17)32-2/h3-10H,11-14H2,1-2H3,(H2,25,26,27,31). The first-order chi connectivity index (χ1) is 16.0. The Balaban J connectivity index is 1.37. The van der Waals surface area contributed by atoms with Gasteiger partial charge in [0.2, 0.25) is 0 Å². The molecular weight excluding hydrogens is 462 g/mol. The normalized spacial score (nSPS) is 13.5. The Morgan fingerprint density at radius 3 is 2.45 bits per heavy atom. The Kier molecular flexibility index (Phi) is 7.00. The Bertz CT molecular complexity index is 1160. The highest BCUT2D eigenvalue weighted by Gasteiger charge is 2.26. The van der Waals surface area contributed by atoms with Gasteiger partial charge < -0.3 is 19.9 Å². The number of hydrogen-bond donors (Lipinski definition) is 2. The fourth-order valence-corrected chi connectivity index (χ4v) is 4.83. The fraction of sp³-hybridized carbons (Fsp3) is 0.261. The predicted molar refractivity (Wildman–Crippen MR) is 132 cm³/mol. The van der Waals surface area contributed by atoms with Crippen molar-refractivity contribution in [3.63, 3.8) is 0 Å². The number of methoxy groups -OCH3 is 1. The highest BCUT2D eigenvalue weighted by molar-refractivity contribution is 7.17. The summed E-state index contributed by atoms with van der Waals surface area (Å²) >= 11 is 7.48. The van der Waals surface area contributed by atoms with Crippen molar-refractivity contribution >= 4 is 51.4 Å². The summed E-state index contributed by atoms with van der Waals surface area (Å²) in [7, 11) is 1.54. The smallest absolute Gasteiger partial charge is 0.325 e. The molecule has 33 heavy (non-hydrogen) atoms. The molecule has 8 nitrogen and oxygen atoms in total. The van der Waals surface area contributed by atoms with Crippen LogP contribution in [-0.4, -0.2) is 55.1 Å². The molecule has 0 spiro atoms. The third-order valence-electron chi connectivity index (χ3n) is 5.33. The van der Waals surface area contributed by atoms with E-state index < -0.39 is 6.03 Å². The van der Waals surface area contributed by atoms with Gasteiger partial charge in [0.25, 0.3) is 5.91 Å². The zero-order valence-corrected chi connectivity index (χ0v) is 19.9. The van der Waals surface area contributed by atoms with E-state index in [4.69, 9.17) is 16.3 Å². The van der Waals surface area contributed by atoms with Crippen molar-refractivity contribution in [2.75, 3.05) is 48.8 Å². The molecular formula is C23H24ClN5O3S. The summed E-state index contributed by atoms with van der Waals surface area (Å²) in [6.07, 6.45) is 0. The van der Waals surface area contributed by atoms with Gasteiger partial charge in [0.15, 0.2) is 5.13 Å². The number of urea groups is 1. The summed E-state index contributed by atoms with van der Waals surface area (Å²) in [6, 6.07) is 14.4. The van der Waals surface area contributed by atoms with E-state index >= 15 is 0 Å².